The summed E-state index contributed by atoms with van der Waals surface area (Å²) in [6.45, 7) is 6.67. The Morgan fingerprint density at radius 3 is 1.43 bits per heavy atom. The average molecular weight is 796 g/mol. The molecule has 61 heavy (non-hydrogen) atoms. The van der Waals surface area contributed by atoms with Gasteiger partial charge in [-0.1, -0.05) is 207 Å². The van der Waals surface area contributed by atoms with Gasteiger partial charge in [0.15, 0.2) is 0 Å². The average Bonchev–Trinajstić information content (AvgIpc) is 3.78. The number of fused-ring (bicyclic) bond motifs is 17. The molecule has 0 saturated heterocycles. The molecule has 0 unspecified atom stereocenters. The fourth-order valence-corrected chi connectivity index (χ4v) is 12.6. The second-order valence-corrected chi connectivity index (χ2v) is 17.6. The number of benzene rings is 9. The largest absolute Gasteiger partial charge is 0.293 e. The van der Waals surface area contributed by atoms with Crippen LogP contribution in [0, 0.1) is 5.41 Å². The molecule has 1 nitrogen and oxygen atoms in total. The van der Waals surface area contributed by atoms with Gasteiger partial charge in [-0.2, -0.15) is 0 Å². The van der Waals surface area contributed by atoms with Crippen molar-refractivity contribution in [2.45, 2.75) is 29.1 Å². The summed E-state index contributed by atoms with van der Waals surface area (Å²) in [6, 6.07) is 72.2. The Morgan fingerprint density at radius 2 is 0.918 bits per heavy atom. The van der Waals surface area contributed by atoms with Gasteiger partial charge in [-0.05, 0) is 124 Å². The smallest absolute Gasteiger partial charge is 0.100 e. The van der Waals surface area contributed by atoms with Gasteiger partial charge >= 0.3 is 0 Å². The first-order chi connectivity index (χ1) is 30.1. The predicted molar refractivity (Wildman–Crippen MR) is 256 cm³/mol. The molecule has 0 radical (unpaired) electrons. The van der Waals surface area contributed by atoms with E-state index in [1.54, 1.807) is 0 Å². The summed E-state index contributed by atoms with van der Waals surface area (Å²) in [5, 5.41) is 12.4. The van der Waals surface area contributed by atoms with Crippen LogP contribution in [0.15, 0.2) is 206 Å². The molecule has 3 aliphatic rings. The molecule has 1 N–H and O–H groups in total. The third kappa shape index (κ3) is 4.66. The molecule has 0 heterocycles. The van der Waals surface area contributed by atoms with Crippen LogP contribution < -0.4 is 0 Å². The molecule has 0 bridgehead atoms. The lowest BCUT2D eigenvalue weighted by Gasteiger charge is -2.49. The third-order valence-corrected chi connectivity index (χ3v) is 14.8. The second kappa shape index (κ2) is 13.5. The number of hydrogen-bond acceptors (Lipinski definition) is 2. The van der Waals surface area contributed by atoms with Crippen LogP contribution in [0.5, 0.6) is 0 Å². The standard InChI is InChI=1S/C59H41NS/c1-3-39-40(4-2)56(57(60)61-38-20-6-5-7-21-38)46-27-9-8-26-45(46)55(39)37-34-35-53-54(36-37)59(49-30-16-12-24-43(49)44-25-13-17-31-50(44)59)52-33-19-18-32-51(52)58(53)47-28-14-10-22-41(47)42-23-11-15-29-48(42)58/h4-36,60H,2-3H2,1H3. The number of hydrogen-bond donors (Lipinski definition) is 1. The molecule has 2 heteroatoms. The van der Waals surface area contributed by atoms with E-state index in [0.29, 0.717) is 5.04 Å². The monoisotopic (exact) mass is 795 g/mol. The van der Waals surface area contributed by atoms with E-state index >= 15 is 0 Å². The Morgan fingerprint density at radius 1 is 0.492 bits per heavy atom. The van der Waals surface area contributed by atoms with E-state index in [4.69, 9.17) is 0 Å². The van der Waals surface area contributed by atoms with Crippen molar-refractivity contribution in [3.05, 3.63) is 262 Å². The van der Waals surface area contributed by atoms with Crippen molar-refractivity contribution < 1.29 is 0 Å². The molecule has 2 spiro atoms. The highest BCUT2D eigenvalue weighted by Crippen LogP contribution is 2.67. The molecular formula is C59H41NS. The van der Waals surface area contributed by atoms with Crippen molar-refractivity contribution in [3.8, 4) is 33.4 Å². The van der Waals surface area contributed by atoms with Crippen molar-refractivity contribution >= 4 is 33.7 Å². The topological polar surface area (TPSA) is 23.9 Å². The molecule has 3 aliphatic carbocycles. The van der Waals surface area contributed by atoms with Crippen molar-refractivity contribution in [2.75, 3.05) is 0 Å². The quantitative estimate of drug-likeness (QED) is 0.105. The van der Waals surface area contributed by atoms with Gasteiger partial charge in [0, 0.05) is 10.5 Å². The highest BCUT2D eigenvalue weighted by Gasteiger charge is 2.59. The zero-order valence-electron chi connectivity index (χ0n) is 33.9. The van der Waals surface area contributed by atoms with E-state index in [-0.39, 0.29) is 0 Å². The van der Waals surface area contributed by atoms with Crippen molar-refractivity contribution in [1.29, 1.82) is 5.41 Å². The van der Waals surface area contributed by atoms with Crippen LogP contribution >= 0.6 is 11.8 Å². The zero-order valence-corrected chi connectivity index (χ0v) is 34.7. The molecule has 0 saturated carbocycles. The normalized spacial score (nSPS) is 14.2. The molecule has 288 valence electrons. The summed E-state index contributed by atoms with van der Waals surface area (Å²) < 4.78 is 0. The SMILES string of the molecule is C=Cc1c(CC)c(-c2ccc3c(c2)C2(c4ccccc4-c4ccccc42)c2ccccc2C32c3ccccc3-c3ccccc32)c2ccccc2c1C(=N)Sc1ccccc1. The van der Waals surface area contributed by atoms with Crippen LogP contribution in [-0.2, 0) is 17.3 Å². The van der Waals surface area contributed by atoms with Gasteiger partial charge in [0.05, 0.1) is 10.8 Å². The van der Waals surface area contributed by atoms with E-state index in [0.717, 1.165) is 33.2 Å². The fraction of sp³-hybridized carbons (Fsp3) is 0.0678. The van der Waals surface area contributed by atoms with Gasteiger partial charge in [-0.25, -0.2) is 0 Å². The summed E-state index contributed by atoms with van der Waals surface area (Å²) >= 11 is 1.51. The maximum absolute atomic E-state index is 9.61. The van der Waals surface area contributed by atoms with Crippen molar-refractivity contribution in [2.24, 2.45) is 0 Å². The Kier molecular flexibility index (Phi) is 7.95. The minimum atomic E-state index is -0.579. The van der Waals surface area contributed by atoms with Crippen LogP contribution in [-0.4, -0.2) is 5.04 Å². The van der Waals surface area contributed by atoms with E-state index in [2.05, 4.69) is 189 Å². The number of thioether (sulfide) groups is 1. The Bertz CT molecular complexity index is 3230. The lowest BCUT2D eigenvalue weighted by molar-refractivity contribution is 0.633. The van der Waals surface area contributed by atoms with Crippen LogP contribution in [0.3, 0.4) is 0 Å². The molecule has 0 amide bonds. The highest BCUT2D eigenvalue weighted by atomic mass is 32.2. The molecular weight excluding hydrogens is 755 g/mol. The van der Waals surface area contributed by atoms with Gasteiger partial charge in [-0.15, -0.1) is 0 Å². The van der Waals surface area contributed by atoms with E-state index in [1.807, 2.05) is 24.3 Å². The van der Waals surface area contributed by atoms with Gasteiger partial charge in [0.1, 0.15) is 5.04 Å². The maximum Gasteiger partial charge on any atom is 0.100 e. The molecule has 0 atom stereocenters. The van der Waals surface area contributed by atoms with Crippen LogP contribution in [0.2, 0.25) is 0 Å². The van der Waals surface area contributed by atoms with E-state index in [9.17, 15) is 5.41 Å². The van der Waals surface area contributed by atoms with Gasteiger partial charge < -0.3 is 0 Å². The van der Waals surface area contributed by atoms with Crippen LogP contribution in [0.25, 0.3) is 50.2 Å². The van der Waals surface area contributed by atoms with Crippen molar-refractivity contribution in [1.82, 2.24) is 0 Å². The first-order valence-electron chi connectivity index (χ1n) is 21.3. The predicted octanol–water partition coefficient (Wildman–Crippen LogP) is 14.9. The lowest BCUT2D eigenvalue weighted by atomic mass is 9.52. The minimum Gasteiger partial charge on any atom is -0.293 e. The summed E-state index contributed by atoms with van der Waals surface area (Å²) in [6.07, 6.45) is 2.78. The first-order valence-corrected chi connectivity index (χ1v) is 22.1. The maximum atomic E-state index is 9.61. The molecule has 9 aromatic rings. The zero-order chi connectivity index (χ0) is 40.9. The number of rotatable bonds is 5. The molecule has 9 aromatic carbocycles. The van der Waals surface area contributed by atoms with Crippen LogP contribution in [0.1, 0.15) is 68.1 Å². The first kappa shape index (κ1) is 35.9. The minimum absolute atomic E-state index is 0.527. The summed E-state index contributed by atoms with van der Waals surface area (Å²) in [4.78, 5) is 1.05. The Labute approximate surface area is 361 Å². The highest BCUT2D eigenvalue weighted by molar-refractivity contribution is 8.14. The van der Waals surface area contributed by atoms with Gasteiger partial charge in [0.2, 0.25) is 0 Å². The van der Waals surface area contributed by atoms with E-state index < -0.39 is 10.8 Å². The fourth-order valence-electron chi connectivity index (χ4n) is 11.7. The number of nitrogens with one attached hydrogen (secondary N) is 1. The Hall–Kier alpha value is -7.00. The molecule has 0 aliphatic heterocycles. The molecule has 0 fully saturated rings. The second-order valence-electron chi connectivity index (χ2n) is 16.5. The summed E-state index contributed by atoms with van der Waals surface area (Å²) in [5.41, 5.74) is 20.3. The lowest BCUT2D eigenvalue weighted by Crippen LogP contribution is -2.43. The molecule has 12 rings (SSSR count). The van der Waals surface area contributed by atoms with Crippen LogP contribution in [0.4, 0.5) is 0 Å². The van der Waals surface area contributed by atoms with E-state index in [1.165, 1.54) is 95.2 Å². The molecule has 0 aromatic heterocycles. The van der Waals surface area contributed by atoms with Gasteiger partial charge in [0.25, 0.3) is 0 Å². The Balaban J connectivity index is 1.22. The third-order valence-electron chi connectivity index (χ3n) is 13.9. The summed E-state index contributed by atoms with van der Waals surface area (Å²) in [5.74, 6) is 0. The van der Waals surface area contributed by atoms with Gasteiger partial charge in [-0.3, -0.25) is 5.41 Å². The summed E-state index contributed by atoms with van der Waals surface area (Å²) in [7, 11) is 0. The van der Waals surface area contributed by atoms with Crippen molar-refractivity contribution in [3.63, 3.8) is 0 Å².